The van der Waals surface area contributed by atoms with Gasteiger partial charge in [0.25, 0.3) is 0 Å². The van der Waals surface area contributed by atoms with Gasteiger partial charge in [-0.05, 0) is 55.9 Å². The van der Waals surface area contributed by atoms with Crippen LogP contribution in [0.25, 0.3) is 10.4 Å². The van der Waals surface area contributed by atoms with Gasteiger partial charge in [0.1, 0.15) is 11.5 Å². The molecule has 5 nitrogen and oxygen atoms in total. The Kier molecular flexibility index (Phi) is 6.18. The Hall–Kier alpha value is -0.910. The van der Waals surface area contributed by atoms with Gasteiger partial charge in [0.05, 0.1) is 22.7 Å². The van der Waals surface area contributed by atoms with Crippen LogP contribution in [0.1, 0.15) is 6.42 Å². The molecule has 1 aromatic rings. The molecule has 0 unspecified atom stereocenters. The number of halogens is 2. The topological polar surface area (TPSA) is 67.2 Å². The van der Waals surface area contributed by atoms with Crippen molar-refractivity contribution in [3.63, 3.8) is 0 Å². The molecule has 0 atom stereocenters. The molecule has 0 fully saturated rings. The molecule has 0 aliphatic carbocycles. The van der Waals surface area contributed by atoms with Gasteiger partial charge in [-0.1, -0.05) is 5.11 Å². The van der Waals surface area contributed by atoms with Crippen molar-refractivity contribution in [2.45, 2.75) is 6.42 Å². The van der Waals surface area contributed by atoms with E-state index in [1.54, 1.807) is 7.11 Å². The summed E-state index contributed by atoms with van der Waals surface area (Å²) in [7, 11) is 1.60. The maximum atomic E-state index is 8.11. The minimum atomic E-state index is 0.436. The Morgan fingerprint density at radius 3 is 2.59 bits per heavy atom. The largest absolute Gasteiger partial charge is 0.496 e. The molecule has 0 spiro atoms. The van der Waals surface area contributed by atoms with E-state index in [0.717, 1.165) is 20.4 Å². The normalized spacial score (nSPS) is 9.59. The number of ether oxygens (including phenoxy) is 2. The second kappa shape index (κ2) is 7.42. The van der Waals surface area contributed by atoms with Gasteiger partial charge < -0.3 is 9.47 Å². The van der Waals surface area contributed by atoms with Gasteiger partial charge in [-0.25, -0.2) is 0 Å². The minimum Gasteiger partial charge on any atom is -0.496 e. The van der Waals surface area contributed by atoms with E-state index < -0.39 is 0 Å². The van der Waals surface area contributed by atoms with Crippen LogP contribution in [0.2, 0.25) is 0 Å². The van der Waals surface area contributed by atoms with Crippen molar-refractivity contribution in [3.05, 3.63) is 31.5 Å². The molecule has 0 amide bonds. The summed E-state index contributed by atoms with van der Waals surface area (Å²) in [5.74, 6) is 1.46. The molecule has 0 N–H and O–H groups in total. The molecule has 92 valence electrons. The third kappa shape index (κ3) is 4.46. The van der Waals surface area contributed by atoms with Gasteiger partial charge in [-0.15, -0.1) is 0 Å². The van der Waals surface area contributed by atoms with E-state index in [-0.39, 0.29) is 0 Å². The number of benzene rings is 1. The fraction of sp³-hybridized carbons (Fsp3) is 0.400. The van der Waals surface area contributed by atoms with E-state index in [2.05, 4.69) is 41.9 Å². The van der Waals surface area contributed by atoms with Gasteiger partial charge in [0.2, 0.25) is 0 Å². The predicted octanol–water partition coefficient (Wildman–Crippen LogP) is 4.30. The van der Waals surface area contributed by atoms with Crippen molar-refractivity contribution in [1.29, 1.82) is 0 Å². The van der Waals surface area contributed by atoms with Crippen LogP contribution < -0.4 is 9.47 Å². The lowest BCUT2D eigenvalue weighted by atomic mass is 10.3. The number of rotatable bonds is 6. The minimum absolute atomic E-state index is 0.436. The standard InChI is InChI=1S/C10H11Br2N3O2/c1-16-9-5-8(12)10(6-7(9)11)17-4-2-3-14-15-13/h5-6H,2-4H2,1H3. The lowest BCUT2D eigenvalue weighted by molar-refractivity contribution is 0.310. The second-order valence-corrected chi connectivity index (χ2v) is 4.78. The summed E-state index contributed by atoms with van der Waals surface area (Å²) in [6, 6.07) is 3.66. The fourth-order valence-corrected chi connectivity index (χ4v) is 2.06. The fourth-order valence-electron chi connectivity index (χ4n) is 1.14. The van der Waals surface area contributed by atoms with Crippen LogP contribution in [0.15, 0.2) is 26.2 Å². The Balaban J connectivity index is 2.59. The van der Waals surface area contributed by atoms with Crippen molar-refractivity contribution in [1.82, 2.24) is 0 Å². The molecular weight excluding hydrogens is 354 g/mol. The molecular formula is C10H11Br2N3O2. The van der Waals surface area contributed by atoms with E-state index in [9.17, 15) is 0 Å². The zero-order valence-corrected chi connectivity index (χ0v) is 12.4. The van der Waals surface area contributed by atoms with Gasteiger partial charge in [-0.2, -0.15) is 0 Å². The van der Waals surface area contributed by atoms with E-state index in [1.165, 1.54) is 0 Å². The van der Waals surface area contributed by atoms with Gasteiger partial charge in [-0.3, -0.25) is 0 Å². The Bertz CT molecular complexity index is 434. The van der Waals surface area contributed by atoms with Gasteiger partial charge in [0.15, 0.2) is 0 Å². The van der Waals surface area contributed by atoms with Crippen LogP contribution in [0.3, 0.4) is 0 Å². The molecule has 1 aromatic carbocycles. The van der Waals surface area contributed by atoms with E-state index in [0.29, 0.717) is 19.6 Å². The molecule has 0 heterocycles. The van der Waals surface area contributed by atoms with Crippen LogP contribution in [0, 0.1) is 0 Å². The first-order chi connectivity index (χ1) is 8.19. The zero-order chi connectivity index (χ0) is 12.7. The van der Waals surface area contributed by atoms with E-state index >= 15 is 0 Å². The predicted molar refractivity (Wildman–Crippen MR) is 72.5 cm³/mol. The van der Waals surface area contributed by atoms with E-state index in [1.807, 2.05) is 12.1 Å². The molecule has 1 rings (SSSR count). The highest BCUT2D eigenvalue weighted by atomic mass is 79.9. The van der Waals surface area contributed by atoms with Gasteiger partial charge in [0, 0.05) is 11.5 Å². The lowest BCUT2D eigenvalue weighted by Gasteiger charge is -2.10. The van der Waals surface area contributed by atoms with E-state index in [4.69, 9.17) is 15.0 Å². The Morgan fingerprint density at radius 2 is 1.94 bits per heavy atom. The van der Waals surface area contributed by atoms with Crippen molar-refractivity contribution >= 4 is 31.9 Å². The summed E-state index contributed by atoms with van der Waals surface area (Å²) in [6.45, 7) is 0.932. The second-order valence-electron chi connectivity index (χ2n) is 3.07. The Morgan fingerprint density at radius 1 is 1.29 bits per heavy atom. The first kappa shape index (κ1) is 14.2. The lowest BCUT2D eigenvalue weighted by Crippen LogP contribution is -2.00. The van der Waals surface area contributed by atoms with Crippen LogP contribution in [-0.2, 0) is 0 Å². The Labute approximate surface area is 116 Å². The summed E-state index contributed by atoms with van der Waals surface area (Å²) in [4.78, 5) is 2.67. The monoisotopic (exact) mass is 363 g/mol. The first-order valence-electron chi connectivity index (χ1n) is 4.85. The molecule has 0 aromatic heterocycles. The number of azide groups is 1. The van der Waals surface area contributed by atoms with Crippen LogP contribution in [0.4, 0.5) is 0 Å². The van der Waals surface area contributed by atoms with Crippen molar-refractivity contribution in [2.75, 3.05) is 20.3 Å². The summed E-state index contributed by atoms with van der Waals surface area (Å²) in [5, 5.41) is 3.43. The first-order valence-corrected chi connectivity index (χ1v) is 6.44. The van der Waals surface area contributed by atoms with Crippen LogP contribution in [-0.4, -0.2) is 20.3 Å². The molecule has 17 heavy (non-hydrogen) atoms. The maximum absolute atomic E-state index is 8.11. The highest BCUT2D eigenvalue weighted by Gasteiger charge is 2.07. The summed E-state index contributed by atoms with van der Waals surface area (Å²) >= 11 is 6.78. The molecule has 7 heteroatoms. The molecule has 0 saturated heterocycles. The van der Waals surface area contributed by atoms with Gasteiger partial charge >= 0.3 is 0 Å². The number of hydrogen-bond acceptors (Lipinski definition) is 3. The van der Waals surface area contributed by atoms with Crippen molar-refractivity contribution in [2.24, 2.45) is 5.11 Å². The summed E-state index contributed by atoms with van der Waals surface area (Å²) in [5.41, 5.74) is 8.11. The third-order valence-electron chi connectivity index (χ3n) is 1.93. The SMILES string of the molecule is COc1cc(Br)c(OCCCN=[N+]=[N-])cc1Br. The van der Waals surface area contributed by atoms with Crippen LogP contribution in [0.5, 0.6) is 11.5 Å². The average molecular weight is 365 g/mol. The zero-order valence-electron chi connectivity index (χ0n) is 9.19. The van der Waals surface area contributed by atoms with Crippen LogP contribution >= 0.6 is 31.9 Å². The molecule has 0 aliphatic heterocycles. The molecule has 0 saturated carbocycles. The highest BCUT2D eigenvalue weighted by molar-refractivity contribution is 9.11. The average Bonchev–Trinajstić information content (AvgIpc) is 2.32. The number of nitrogens with zero attached hydrogens (tertiary/aromatic N) is 3. The van der Waals surface area contributed by atoms with Crippen molar-refractivity contribution in [3.8, 4) is 11.5 Å². The summed E-state index contributed by atoms with van der Waals surface area (Å²) in [6.07, 6.45) is 0.681. The number of hydrogen-bond donors (Lipinski definition) is 0. The molecule has 0 aliphatic rings. The molecule has 0 radical (unpaired) electrons. The van der Waals surface area contributed by atoms with Crippen molar-refractivity contribution < 1.29 is 9.47 Å². The third-order valence-corrected chi connectivity index (χ3v) is 3.17. The number of methoxy groups -OCH3 is 1. The smallest absolute Gasteiger partial charge is 0.134 e. The summed E-state index contributed by atoms with van der Waals surface area (Å²) < 4.78 is 12.3. The molecule has 0 bridgehead atoms. The highest BCUT2D eigenvalue weighted by Crippen LogP contribution is 2.35. The quantitative estimate of drug-likeness (QED) is 0.327. The maximum Gasteiger partial charge on any atom is 0.134 e.